The number of unbranched alkanes of at least 4 members (excludes halogenated alkanes) is 7. The lowest BCUT2D eigenvalue weighted by Crippen LogP contribution is -2.49. The van der Waals surface area contributed by atoms with E-state index in [1.807, 2.05) is 0 Å². The third kappa shape index (κ3) is 8.80. The van der Waals surface area contributed by atoms with Crippen molar-refractivity contribution in [3.63, 3.8) is 0 Å². The molecule has 5 N–H and O–H groups in total. The number of aldehydes is 1. The molecular formula is C16H32O6. The zero-order chi connectivity index (χ0) is 17.0. The molecule has 0 aliphatic carbocycles. The van der Waals surface area contributed by atoms with Crippen LogP contribution in [0.25, 0.3) is 0 Å². The van der Waals surface area contributed by atoms with E-state index in [0.717, 1.165) is 19.3 Å². The summed E-state index contributed by atoms with van der Waals surface area (Å²) in [6.45, 7) is 2.17. The third-order valence-electron chi connectivity index (χ3n) is 3.94. The fourth-order valence-corrected chi connectivity index (χ4v) is 2.37. The van der Waals surface area contributed by atoms with Gasteiger partial charge in [0.05, 0.1) is 6.10 Å². The summed E-state index contributed by atoms with van der Waals surface area (Å²) >= 11 is 0. The third-order valence-corrected chi connectivity index (χ3v) is 3.94. The Morgan fingerprint density at radius 2 is 1.23 bits per heavy atom. The highest BCUT2D eigenvalue weighted by Gasteiger charge is 2.33. The Balaban J connectivity index is 3.81. The molecule has 0 saturated carbocycles. The van der Waals surface area contributed by atoms with Gasteiger partial charge in [-0.3, -0.25) is 0 Å². The highest BCUT2D eigenvalue weighted by Crippen LogP contribution is 2.15. The largest absolute Gasteiger partial charge is 0.390 e. The molecule has 0 aliphatic rings. The second kappa shape index (κ2) is 13.0. The zero-order valence-electron chi connectivity index (χ0n) is 13.5. The van der Waals surface area contributed by atoms with Gasteiger partial charge in [-0.25, -0.2) is 0 Å². The van der Waals surface area contributed by atoms with E-state index in [2.05, 4.69) is 6.92 Å². The summed E-state index contributed by atoms with van der Waals surface area (Å²) < 4.78 is 0. The lowest BCUT2D eigenvalue weighted by Gasteiger charge is -2.27. The Morgan fingerprint density at radius 1 is 0.727 bits per heavy atom. The van der Waals surface area contributed by atoms with Crippen LogP contribution < -0.4 is 0 Å². The van der Waals surface area contributed by atoms with Crippen LogP contribution in [0.5, 0.6) is 0 Å². The van der Waals surface area contributed by atoms with Gasteiger partial charge in [0.25, 0.3) is 0 Å². The maximum Gasteiger partial charge on any atom is 0.151 e. The van der Waals surface area contributed by atoms with Gasteiger partial charge in [0.1, 0.15) is 24.4 Å². The van der Waals surface area contributed by atoms with Crippen molar-refractivity contribution in [1.29, 1.82) is 0 Å². The SMILES string of the molecule is CCCCCCCCCCC(O)[C@@H](O)[C@@H](O)[C@H](O)[C@@H](O)C=O. The van der Waals surface area contributed by atoms with Crippen molar-refractivity contribution in [2.45, 2.75) is 95.2 Å². The summed E-state index contributed by atoms with van der Waals surface area (Å²) in [6, 6.07) is 0. The Morgan fingerprint density at radius 3 is 1.73 bits per heavy atom. The van der Waals surface area contributed by atoms with E-state index in [4.69, 9.17) is 5.11 Å². The number of hydrogen-bond donors (Lipinski definition) is 5. The van der Waals surface area contributed by atoms with Gasteiger partial charge in [-0.15, -0.1) is 0 Å². The van der Waals surface area contributed by atoms with Crippen molar-refractivity contribution in [1.82, 2.24) is 0 Å². The molecule has 132 valence electrons. The van der Waals surface area contributed by atoms with E-state index < -0.39 is 30.5 Å². The Kier molecular flexibility index (Phi) is 12.6. The van der Waals surface area contributed by atoms with Crippen LogP contribution in [0.3, 0.4) is 0 Å². The molecule has 6 heteroatoms. The summed E-state index contributed by atoms with van der Waals surface area (Å²) in [7, 11) is 0. The molecule has 0 fully saturated rings. The molecule has 5 atom stereocenters. The van der Waals surface area contributed by atoms with Crippen LogP contribution in [0.15, 0.2) is 0 Å². The monoisotopic (exact) mass is 320 g/mol. The number of rotatable bonds is 14. The normalized spacial score (nSPS) is 18.5. The molecule has 0 spiro atoms. The van der Waals surface area contributed by atoms with Gasteiger partial charge in [-0.05, 0) is 6.42 Å². The van der Waals surface area contributed by atoms with Crippen LogP contribution in [0.1, 0.15) is 64.7 Å². The summed E-state index contributed by atoms with van der Waals surface area (Å²) in [6.07, 6.45) is 1.08. The molecule has 1 unspecified atom stereocenters. The fraction of sp³-hybridized carbons (Fsp3) is 0.938. The smallest absolute Gasteiger partial charge is 0.151 e. The average Bonchev–Trinajstić information content (AvgIpc) is 2.54. The van der Waals surface area contributed by atoms with Gasteiger partial charge in [0.15, 0.2) is 6.29 Å². The van der Waals surface area contributed by atoms with E-state index in [-0.39, 0.29) is 6.29 Å². The molecule has 0 amide bonds. The predicted molar refractivity (Wildman–Crippen MR) is 83.3 cm³/mol. The number of aliphatic hydroxyl groups is 5. The first-order valence-corrected chi connectivity index (χ1v) is 8.31. The van der Waals surface area contributed by atoms with Gasteiger partial charge in [0, 0.05) is 0 Å². The highest BCUT2D eigenvalue weighted by molar-refractivity contribution is 5.56. The van der Waals surface area contributed by atoms with Crippen LogP contribution in [-0.4, -0.2) is 62.3 Å². The Hall–Kier alpha value is -0.530. The first-order chi connectivity index (χ1) is 10.5. The minimum Gasteiger partial charge on any atom is -0.390 e. The zero-order valence-corrected chi connectivity index (χ0v) is 13.5. The topological polar surface area (TPSA) is 118 Å². The molecule has 0 rings (SSSR count). The number of carbonyl (C=O) groups excluding carboxylic acids is 1. The highest BCUT2D eigenvalue weighted by atomic mass is 16.4. The molecule has 0 heterocycles. The van der Waals surface area contributed by atoms with Crippen molar-refractivity contribution >= 4 is 6.29 Å². The first-order valence-electron chi connectivity index (χ1n) is 8.31. The van der Waals surface area contributed by atoms with Crippen molar-refractivity contribution in [3.05, 3.63) is 0 Å². The molecule has 0 saturated heterocycles. The minimum atomic E-state index is -1.80. The molecular weight excluding hydrogens is 288 g/mol. The maximum atomic E-state index is 10.3. The van der Waals surface area contributed by atoms with Crippen molar-refractivity contribution in [3.8, 4) is 0 Å². The molecule has 0 aromatic carbocycles. The lowest BCUT2D eigenvalue weighted by molar-refractivity contribution is -0.145. The second-order valence-corrected chi connectivity index (χ2v) is 5.93. The maximum absolute atomic E-state index is 10.3. The Bertz CT molecular complexity index is 273. The van der Waals surface area contributed by atoms with Crippen LogP contribution in [0, 0.1) is 0 Å². The number of carbonyl (C=O) groups is 1. The molecule has 0 aromatic heterocycles. The lowest BCUT2D eigenvalue weighted by atomic mass is 9.96. The summed E-state index contributed by atoms with van der Waals surface area (Å²) in [4.78, 5) is 10.3. The molecule has 6 nitrogen and oxygen atoms in total. The van der Waals surface area contributed by atoms with Gasteiger partial charge >= 0.3 is 0 Å². The van der Waals surface area contributed by atoms with Crippen LogP contribution >= 0.6 is 0 Å². The van der Waals surface area contributed by atoms with Gasteiger partial charge in [-0.1, -0.05) is 58.3 Å². The van der Waals surface area contributed by atoms with Gasteiger partial charge in [0.2, 0.25) is 0 Å². The Labute approximate surface area is 132 Å². The van der Waals surface area contributed by atoms with E-state index in [1.54, 1.807) is 0 Å². The molecule has 0 aromatic rings. The number of aliphatic hydroxyl groups excluding tert-OH is 5. The molecule has 0 radical (unpaired) electrons. The van der Waals surface area contributed by atoms with Gasteiger partial charge in [-0.2, -0.15) is 0 Å². The van der Waals surface area contributed by atoms with Crippen LogP contribution in [0.4, 0.5) is 0 Å². The van der Waals surface area contributed by atoms with Crippen molar-refractivity contribution in [2.24, 2.45) is 0 Å². The summed E-state index contributed by atoms with van der Waals surface area (Å²) in [5, 5.41) is 47.6. The molecule has 22 heavy (non-hydrogen) atoms. The number of hydrogen-bond acceptors (Lipinski definition) is 6. The van der Waals surface area contributed by atoms with E-state index in [0.29, 0.717) is 12.8 Å². The molecule has 0 bridgehead atoms. The van der Waals surface area contributed by atoms with Gasteiger partial charge < -0.3 is 30.3 Å². The van der Waals surface area contributed by atoms with Crippen LogP contribution in [0.2, 0.25) is 0 Å². The van der Waals surface area contributed by atoms with Crippen molar-refractivity contribution < 1.29 is 30.3 Å². The average molecular weight is 320 g/mol. The van der Waals surface area contributed by atoms with E-state index in [9.17, 15) is 25.2 Å². The van der Waals surface area contributed by atoms with Crippen LogP contribution in [-0.2, 0) is 4.79 Å². The van der Waals surface area contributed by atoms with E-state index in [1.165, 1.54) is 25.7 Å². The second-order valence-electron chi connectivity index (χ2n) is 5.93. The molecule has 0 aliphatic heterocycles. The first kappa shape index (κ1) is 21.5. The fourth-order valence-electron chi connectivity index (χ4n) is 2.37. The predicted octanol–water partition coefficient (Wildman–Crippen LogP) is 0.521. The quantitative estimate of drug-likeness (QED) is 0.235. The van der Waals surface area contributed by atoms with Crippen molar-refractivity contribution in [2.75, 3.05) is 0 Å². The summed E-state index contributed by atoms with van der Waals surface area (Å²) in [5.74, 6) is 0. The minimum absolute atomic E-state index is 0.0749. The standard InChI is InChI=1S/C16H32O6/c1-2-3-4-5-6-7-8-9-10-12(18)14(20)16(22)15(21)13(19)11-17/h11-16,18-22H,2-10H2,1H3/t12?,13-,14+,15+,16+/m0/s1. The summed E-state index contributed by atoms with van der Waals surface area (Å²) in [5.41, 5.74) is 0. The van der Waals surface area contributed by atoms with E-state index >= 15 is 0 Å².